The highest BCUT2D eigenvalue weighted by atomic mass is 16.5. The number of piperidine rings is 1. The van der Waals surface area contributed by atoms with E-state index in [-0.39, 0.29) is 31.5 Å². The van der Waals surface area contributed by atoms with Crippen LogP contribution in [0.5, 0.6) is 0 Å². The Hall–Kier alpha value is -4.02. The van der Waals surface area contributed by atoms with Crippen LogP contribution in [0.15, 0.2) is 73.2 Å². The van der Waals surface area contributed by atoms with Crippen molar-refractivity contribution in [2.45, 2.75) is 57.8 Å². The number of likely N-dealkylation sites (tertiary alicyclic amines) is 1. The van der Waals surface area contributed by atoms with Crippen molar-refractivity contribution in [1.29, 1.82) is 0 Å². The number of nitrogens with zero attached hydrogens (tertiary/aromatic N) is 3. The Morgan fingerprint density at radius 2 is 1.66 bits per heavy atom. The molecule has 0 radical (unpaired) electrons. The minimum absolute atomic E-state index is 0.0167. The van der Waals surface area contributed by atoms with Crippen molar-refractivity contribution >= 4 is 23.5 Å². The number of hydrogen-bond acceptors (Lipinski definition) is 6. The Kier molecular flexibility index (Phi) is 10.3. The summed E-state index contributed by atoms with van der Waals surface area (Å²) >= 11 is 0. The van der Waals surface area contributed by atoms with Crippen LogP contribution >= 0.6 is 0 Å². The molecular formula is C31H40N6O4. The smallest absolute Gasteiger partial charge is 0.250 e. The van der Waals surface area contributed by atoms with E-state index in [2.05, 4.69) is 39.9 Å². The number of nitrogens with one attached hydrogen (secondary N) is 2. The summed E-state index contributed by atoms with van der Waals surface area (Å²) in [5.41, 5.74) is 7.03. The first-order valence-corrected chi connectivity index (χ1v) is 14.0. The molecule has 41 heavy (non-hydrogen) atoms. The quantitative estimate of drug-likeness (QED) is 0.312. The fraction of sp³-hybridized carbons (Fsp3) is 0.419. The van der Waals surface area contributed by atoms with Crippen LogP contribution in [0.25, 0.3) is 0 Å². The average Bonchev–Trinajstić information content (AvgIpc) is 3.39. The van der Waals surface area contributed by atoms with Crippen LogP contribution in [0.3, 0.4) is 0 Å². The molecule has 0 aliphatic carbocycles. The summed E-state index contributed by atoms with van der Waals surface area (Å²) in [7, 11) is 0. The number of aromatic nitrogens is 2. The van der Waals surface area contributed by atoms with Crippen molar-refractivity contribution in [2.75, 3.05) is 25.0 Å². The fourth-order valence-electron chi connectivity index (χ4n) is 4.71. The van der Waals surface area contributed by atoms with Gasteiger partial charge in [0.15, 0.2) is 5.82 Å². The summed E-state index contributed by atoms with van der Waals surface area (Å²) in [6.45, 7) is 4.95. The lowest BCUT2D eigenvalue weighted by atomic mass is 9.90. The Balaban J connectivity index is 1.27. The van der Waals surface area contributed by atoms with E-state index in [9.17, 15) is 14.4 Å². The maximum atomic E-state index is 13.1. The minimum atomic E-state index is -1.17. The number of nitrogens with two attached hydrogens (primary N) is 1. The number of carbonyl (C=O) groups excluding carboxylic acids is 3. The second-order valence-electron chi connectivity index (χ2n) is 11.2. The van der Waals surface area contributed by atoms with Crippen LogP contribution < -0.4 is 16.4 Å². The molecule has 3 amide bonds. The topological polar surface area (TPSA) is 132 Å². The number of ether oxygens (including phenoxy) is 1. The van der Waals surface area contributed by atoms with Crippen molar-refractivity contribution < 1.29 is 19.1 Å². The first-order chi connectivity index (χ1) is 19.7. The van der Waals surface area contributed by atoms with E-state index < -0.39 is 23.4 Å². The van der Waals surface area contributed by atoms with E-state index >= 15 is 0 Å². The predicted molar refractivity (Wildman–Crippen MR) is 157 cm³/mol. The maximum Gasteiger partial charge on any atom is 0.250 e. The van der Waals surface area contributed by atoms with Crippen LogP contribution in [-0.4, -0.2) is 63.4 Å². The van der Waals surface area contributed by atoms with Gasteiger partial charge in [-0.05, 0) is 50.2 Å². The number of rotatable bonds is 12. The van der Waals surface area contributed by atoms with Crippen molar-refractivity contribution in [3.8, 4) is 0 Å². The van der Waals surface area contributed by atoms with Gasteiger partial charge in [0.2, 0.25) is 11.8 Å². The highest BCUT2D eigenvalue weighted by Gasteiger charge is 2.29. The van der Waals surface area contributed by atoms with Gasteiger partial charge in [0.1, 0.15) is 12.6 Å². The third kappa shape index (κ3) is 9.26. The molecule has 2 heterocycles. The lowest BCUT2D eigenvalue weighted by molar-refractivity contribution is -0.133. The third-order valence-corrected chi connectivity index (χ3v) is 7.14. The van der Waals surface area contributed by atoms with Gasteiger partial charge in [-0.2, -0.15) is 0 Å². The number of imidazole rings is 1. The number of anilines is 1. The minimum Gasteiger partial charge on any atom is -0.374 e. The highest BCUT2D eigenvalue weighted by molar-refractivity contribution is 5.98. The molecule has 1 aliphatic heterocycles. The highest BCUT2D eigenvalue weighted by Crippen LogP contribution is 2.22. The summed E-state index contributed by atoms with van der Waals surface area (Å²) in [5.74, 6) is -0.106. The zero-order chi connectivity index (χ0) is 29.2. The molecule has 3 aromatic rings. The van der Waals surface area contributed by atoms with Gasteiger partial charge in [0.05, 0.1) is 25.1 Å². The Bertz CT molecular complexity index is 1280. The van der Waals surface area contributed by atoms with Crippen LogP contribution in [0.2, 0.25) is 0 Å². The molecule has 1 aromatic heterocycles. The van der Waals surface area contributed by atoms with Crippen LogP contribution in [-0.2, 0) is 38.7 Å². The molecule has 10 nitrogen and oxygen atoms in total. The molecule has 0 saturated carbocycles. The first-order valence-electron chi connectivity index (χ1n) is 14.0. The summed E-state index contributed by atoms with van der Waals surface area (Å²) in [6.07, 6.45) is 6.11. The molecule has 0 spiro atoms. The zero-order valence-corrected chi connectivity index (χ0v) is 23.8. The fourth-order valence-corrected chi connectivity index (χ4v) is 4.71. The third-order valence-electron chi connectivity index (χ3n) is 7.14. The van der Waals surface area contributed by atoms with Crippen molar-refractivity contribution in [1.82, 2.24) is 19.8 Å². The summed E-state index contributed by atoms with van der Waals surface area (Å²) in [6, 6.07) is 19.0. The van der Waals surface area contributed by atoms with E-state index in [1.807, 2.05) is 41.3 Å². The van der Waals surface area contributed by atoms with Gasteiger partial charge in [-0.25, -0.2) is 4.98 Å². The van der Waals surface area contributed by atoms with Crippen LogP contribution in [0, 0.1) is 5.92 Å². The number of carbonyl (C=O) groups is 3. The molecule has 1 fully saturated rings. The van der Waals surface area contributed by atoms with Crippen LogP contribution in [0.1, 0.15) is 37.8 Å². The Morgan fingerprint density at radius 3 is 2.29 bits per heavy atom. The molecule has 4 rings (SSSR count). The number of benzene rings is 2. The molecule has 1 aliphatic rings. The van der Waals surface area contributed by atoms with E-state index in [1.165, 1.54) is 11.9 Å². The van der Waals surface area contributed by atoms with Crippen molar-refractivity contribution in [3.63, 3.8) is 0 Å². The second-order valence-corrected chi connectivity index (χ2v) is 11.2. The molecule has 10 heteroatoms. The predicted octanol–water partition coefficient (Wildman–Crippen LogP) is 2.74. The van der Waals surface area contributed by atoms with Crippen molar-refractivity contribution in [3.05, 3.63) is 84.3 Å². The van der Waals surface area contributed by atoms with E-state index in [1.54, 1.807) is 24.6 Å². The van der Waals surface area contributed by atoms with Crippen LogP contribution in [0.4, 0.5) is 5.82 Å². The monoisotopic (exact) mass is 560 g/mol. The SMILES string of the molecule is CC(C)(N)C(=O)N[C@H](COCc1ccccc1)C(=O)Nc1cn(CC(=O)N2CCC(Cc3ccccc3)CC2)cn1. The van der Waals surface area contributed by atoms with Gasteiger partial charge >= 0.3 is 0 Å². The molecule has 1 atom stereocenters. The number of hydrogen-bond donors (Lipinski definition) is 3. The van der Waals surface area contributed by atoms with E-state index in [4.69, 9.17) is 10.5 Å². The van der Waals surface area contributed by atoms with Gasteiger partial charge in [-0.3, -0.25) is 14.4 Å². The maximum absolute atomic E-state index is 13.1. The lowest BCUT2D eigenvalue weighted by Gasteiger charge is -2.32. The molecule has 0 unspecified atom stereocenters. The molecule has 4 N–H and O–H groups in total. The number of amides is 3. The normalized spacial score (nSPS) is 14.9. The summed E-state index contributed by atoms with van der Waals surface area (Å²) in [5, 5.41) is 5.39. The first kappa shape index (κ1) is 30.0. The van der Waals surface area contributed by atoms with Crippen molar-refractivity contribution in [2.24, 2.45) is 11.7 Å². The average molecular weight is 561 g/mol. The second kappa shape index (κ2) is 14.0. The van der Waals surface area contributed by atoms with Gasteiger partial charge in [0, 0.05) is 19.3 Å². The van der Waals surface area contributed by atoms with Gasteiger partial charge in [0.25, 0.3) is 5.91 Å². The molecule has 2 aromatic carbocycles. The largest absolute Gasteiger partial charge is 0.374 e. The Morgan fingerprint density at radius 1 is 1.02 bits per heavy atom. The summed E-state index contributed by atoms with van der Waals surface area (Å²) in [4.78, 5) is 44.7. The molecule has 218 valence electrons. The van der Waals surface area contributed by atoms with Gasteiger partial charge in [-0.15, -0.1) is 0 Å². The van der Waals surface area contributed by atoms with Gasteiger partial charge in [-0.1, -0.05) is 60.7 Å². The molecule has 0 bridgehead atoms. The lowest BCUT2D eigenvalue weighted by Crippen LogP contribution is -2.56. The molecule has 1 saturated heterocycles. The van der Waals surface area contributed by atoms with E-state index in [0.717, 1.165) is 37.9 Å². The standard InChI is InChI=1S/C31H40N6O4/c1-31(2,32)30(40)34-26(21-41-20-25-11-7-4-8-12-25)29(39)35-27-18-36(22-33-27)19-28(38)37-15-13-24(14-16-37)17-23-9-5-3-6-10-23/h3-12,18,22,24,26H,13-17,19-21,32H2,1-2H3,(H,34,40)(H,35,39)/t26-/m1/s1. The Labute approximate surface area is 241 Å². The summed E-state index contributed by atoms with van der Waals surface area (Å²) < 4.78 is 7.38. The van der Waals surface area contributed by atoms with Gasteiger partial charge < -0.3 is 30.6 Å². The molecular weight excluding hydrogens is 520 g/mol. The van der Waals surface area contributed by atoms with E-state index in [0.29, 0.717) is 5.92 Å². The zero-order valence-electron chi connectivity index (χ0n) is 23.8.